The maximum Gasteiger partial charge on any atom is 0.0756 e. The van der Waals surface area contributed by atoms with Crippen molar-refractivity contribution in [3.63, 3.8) is 0 Å². The van der Waals surface area contributed by atoms with Gasteiger partial charge in [-0.05, 0) is 25.3 Å². The second-order valence-electron chi connectivity index (χ2n) is 3.93. The molecule has 1 heterocycles. The van der Waals surface area contributed by atoms with Crippen molar-refractivity contribution >= 4 is 0 Å². The molecule has 1 fully saturated rings. The summed E-state index contributed by atoms with van der Waals surface area (Å²) >= 11 is 0. The Kier molecular flexibility index (Phi) is 2.07. The van der Waals surface area contributed by atoms with E-state index in [1.165, 1.54) is 12.1 Å². The van der Waals surface area contributed by atoms with Gasteiger partial charge in [0.2, 0.25) is 0 Å². The first-order valence-electron chi connectivity index (χ1n) is 4.76. The third-order valence-corrected chi connectivity index (χ3v) is 2.98. The molecule has 0 aromatic carbocycles. The topological polar surface area (TPSA) is 42.7 Å². The number of aryl methyl sites for hydroxylation is 1. The van der Waals surface area contributed by atoms with E-state index in [1.54, 1.807) is 0 Å². The second-order valence-corrected chi connectivity index (χ2v) is 3.93. The van der Waals surface area contributed by atoms with Gasteiger partial charge in [0, 0.05) is 7.05 Å². The van der Waals surface area contributed by atoms with Crippen LogP contribution in [-0.2, 0) is 7.05 Å². The molecular formula is C9H16N4. The molecular weight excluding hydrogens is 164 g/mol. The van der Waals surface area contributed by atoms with Gasteiger partial charge in [-0.1, -0.05) is 12.1 Å². The van der Waals surface area contributed by atoms with E-state index in [4.69, 9.17) is 0 Å². The summed E-state index contributed by atoms with van der Waals surface area (Å²) in [6, 6.07) is 0.426. The normalized spacial score (nSPS) is 28.8. The number of rotatable bonds is 3. The number of nitrogens with one attached hydrogen (secondary N) is 1. The van der Waals surface area contributed by atoms with Gasteiger partial charge in [-0.15, -0.1) is 5.10 Å². The average Bonchev–Trinajstić information content (AvgIpc) is 2.65. The van der Waals surface area contributed by atoms with E-state index < -0.39 is 0 Å². The monoisotopic (exact) mass is 180 g/mol. The number of hydrogen-bond donors (Lipinski definition) is 1. The van der Waals surface area contributed by atoms with Crippen LogP contribution >= 0.6 is 0 Å². The molecule has 0 aliphatic heterocycles. The van der Waals surface area contributed by atoms with E-state index in [9.17, 15) is 0 Å². The summed E-state index contributed by atoms with van der Waals surface area (Å²) < 4.78 is 1.85. The van der Waals surface area contributed by atoms with Crippen LogP contribution in [-0.4, -0.2) is 22.0 Å². The van der Waals surface area contributed by atoms with E-state index in [0.717, 1.165) is 11.8 Å². The molecule has 1 aliphatic carbocycles. The number of nitrogens with zero attached hydrogens (tertiary/aromatic N) is 3. The molecule has 0 radical (unpaired) electrons. The van der Waals surface area contributed by atoms with Crippen molar-refractivity contribution in [3.05, 3.63) is 11.9 Å². The first-order chi connectivity index (χ1) is 6.24. The van der Waals surface area contributed by atoms with Crippen LogP contribution in [0.25, 0.3) is 0 Å². The van der Waals surface area contributed by atoms with Crippen molar-refractivity contribution in [1.82, 2.24) is 20.3 Å². The highest BCUT2D eigenvalue weighted by Gasteiger charge is 2.40. The summed E-state index contributed by atoms with van der Waals surface area (Å²) in [6.07, 6.45) is 3.17. The lowest BCUT2D eigenvalue weighted by Crippen LogP contribution is -2.21. The van der Waals surface area contributed by atoms with Crippen LogP contribution in [0.2, 0.25) is 0 Å². The molecule has 1 aromatic heterocycles. The third kappa shape index (κ3) is 1.46. The molecule has 4 nitrogen and oxygen atoms in total. The van der Waals surface area contributed by atoms with Crippen LogP contribution in [0.5, 0.6) is 0 Å². The fourth-order valence-corrected chi connectivity index (χ4v) is 1.98. The average molecular weight is 180 g/mol. The Labute approximate surface area is 78.3 Å². The SMILES string of the molecule is CNC(c1cnnn1C)C1CC1C. The molecule has 13 heavy (non-hydrogen) atoms. The number of aromatic nitrogens is 3. The predicted molar refractivity (Wildman–Crippen MR) is 50.1 cm³/mol. The van der Waals surface area contributed by atoms with E-state index in [1.807, 2.05) is 25.0 Å². The molecule has 1 N–H and O–H groups in total. The molecule has 0 bridgehead atoms. The maximum atomic E-state index is 3.95. The van der Waals surface area contributed by atoms with Crippen LogP contribution in [0.1, 0.15) is 25.1 Å². The fraction of sp³-hybridized carbons (Fsp3) is 0.778. The highest BCUT2D eigenvalue weighted by molar-refractivity contribution is 5.08. The highest BCUT2D eigenvalue weighted by Crippen LogP contribution is 2.46. The molecule has 2 rings (SSSR count). The molecule has 0 spiro atoms. The second kappa shape index (κ2) is 3.10. The Balaban J connectivity index is 2.17. The van der Waals surface area contributed by atoms with Crippen molar-refractivity contribution in [1.29, 1.82) is 0 Å². The van der Waals surface area contributed by atoms with Crippen molar-refractivity contribution in [2.75, 3.05) is 7.05 Å². The summed E-state index contributed by atoms with van der Waals surface area (Å²) in [7, 11) is 3.95. The van der Waals surface area contributed by atoms with Crippen molar-refractivity contribution < 1.29 is 0 Å². The molecule has 3 atom stereocenters. The highest BCUT2D eigenvalue weighted by atomic mass is 15.4. The fourth-order valence-electron chi connectivity index (χ4n) is 1.98. The minimum atomic E-state index is 0.426. The van der Waals surface area contributed by atoms with Crippen LogP contribution in [0.15, 0.2) is 6.20 Å². The minimum Gasteiger partial charge on any atom is -0.311 e. The van der Waals surface area contributed by atoms with Crippen molar-refractivity contribution in [2.24, 2.45) is 18.9 Å². The molecule has 1 aromatic rings. The van der Waals surface area contributed by atoms with E-state index in [-0.39, 0.29) is 0 Å². The molecule has 1 saturated carbocycles. The zero-order chi connectivity index (χ0) is 9.42. The van der Waals surface area contributed by atoms with Gasteiger partial charge >= 0.3 is 0 Å². The lowest BCUT2D eigenvalue weighted by Gasteiger charge is -2.14. The molecule has 0 amide bonds. The largest absolute Gasteiger partial charge is 0.311 e. The minimum absolute atomic E-state index is 0.426. The van der Waals surface area contributed by atoms with Gasteiger partial charge in [0.1, 0.15) is 0 Å². The van der Waals surface area contributed by atoms with Gasteiger partial charge < -0.3 is 5.32 Å². The van der Waals surface area contributed by atoms with Crippen LogP contribution in [0.3, 0.4) is 0 Å². The summed E-state index contributed by atoms with van der Waals surface area (Å²) in [5.74, 6) is 1.61. The standard InChI is InChI=1S/C9H16N4/c1-6-4-7(6)9(10-2)8-5-11-12-13(8)3/h5-7,9-10H,4H2,1-3H3. The summed E-state index contributed by atoms with van der Waals surface area (Å²) in [5, 5.41) is 11.2. The first kappa shape index (κ1) is 8.69. The van der Waals surface area contributed by atoms with Gasteiger partial charge in [-0.25, -0.2) is 0 Å². The molecule has 4 heteroatoms. The third-order valence-electron chi connectivity index (χ3n) is 2.98. The van der Waals surface area contributed by atoms with E-state index in [0.29, 0.717) is 6.04 Å². The van der Waals surface area contributed by atoms with Crippen molar-refractivity contribution in [2.45, 2.75) is 19.4 Å². The summed E-state index contributed by atoms with van der Waals surface area (Å²) in [5.41, 5.74) is 1.19. The summed E-state index contributed by atoms with van der Waals surface area (Å²) in [6.45, 7) is 2.29. The molecule has 72 valence electrons. The zero-order valence-electron chi connectivity index (χ0n) is 8.36. The van der Waals surface area contributed by atoms with Gasteiger partial charge in [0.05, 0.1) is 17.9 Å². The Morgan fingerprint density at radius 3 is 2.77 bits per heavy atom. The molecule has 1 aliphatic rings. The first-order valence-corrected chi connectivity index (χ1v) is 4.76. The van der Waals surface area contributed by atoms with Crippen LogP contribution < -0.4 is 5.32 Å². The lowest BCUT2D eigenvalue weighted by atomic mass is 10.1. The molecule has 0 saturated heterocycles. The van der Waals surface area contributed by atoms with Crippen LogP contribution in [0.4, 0.5) is 0 Å². The van der Waals surface area contributed by atoms with Gasteiger partial charge in [-0.2, -0.15) is 0 Å². The number of hydrogen-bond acceptors (Lipinski definition) is 3. The van der Waals surface area contributed by atoms with Crippen LogP contribution in [0, 0.1) is 11.8 Å². The Bertz CT molecular complexity index is 294. The zero-order valence-corrected chi connectivity index (χ0v) is 8.36. The quantitative estimate of drug-likeness (QED) is 0.745. The lowest BCUT2D eigenvalue weighted by molar-refractivity contribution is 0.468. The van der Waals surface area contributed by atoms with Gasteiger partial charge in [0.25, 0.3) is 0 Å². The van der Waals surface area contributed by atoms with E-state index >= 15 is 0 Å². The summed E-state index contributed by atoms with van der Waals surface area (Å²) in [4.78, 5) is 0. The van der Waals surface area contributed by atoms with Gasteiger partial charge in [0.15, 0.2) is 0 Å². The Morgan fingerprint density at radius 1 is 1.69 bits per heavy atom. The maximum absolute atomic E-state index is 3.95. The Hall–Kier alpha value is -0.900. The smallest absolute Gasteiger partial charge is 0.0756 e. The van der Waals surface area contributed by atoms with E-state index in [2.05, 4.69) is 22.6 Å². The molecule has 3 unspecified atom stereocenters. The van der Waals surface area contributed by atoms with Crippen molar-refractivity contribution in [3.8, 4) is 0 Å². The predicted octanol–water partition coefficient (Wildman–Crippen LogP) is 0.732. The Morgan fingerprint density at radius 2 is 2.38 bits per heavy atom. The van der Waals surface area contributed by atoms with Gasteiger partial charge in [-0.3, -0.25) is 4.68 Å².